The highest BCUT2D eigenvalue weighted by molar-refractivity contribution is 6.35. The van der Waals surface area contributed by atoms with Crippen molar-refractivity contribution in [2.24, 2.45) is 0 Å². The minimum absolute atomic E-state index is 0.139. The van der Waals surface area contributed by atoms with Gasteiger partial charge in [0, 0.05) is 43.1 Å². The molecule has 6 rings (SSSR count). The number of ether oxygens (including phenoxy) is 4. The van der Waals surface area contributed by atoms with Crippen molar-refractivity contribution in [2.75, 3.05) is 26.4 Å². The number of aromatic hydroxyl groups is 2. The van der Waals surface area contributed by atoms with Crippen LogP contribution in [0.15, 0.2) is 60.7 Å². The SMILES string of the molecule is CCOc1ccc(O)c2c1cc(OCC)c1ccc3ccc4c(OCC)cc5c(OCC)ccc(O)c5c4c3c12. The van der Waals surface area contributed by atoms with E-state index in [0.29, 0.717) is 60.2 Å². The van der Waals surface area contributed by atoms with Gasteiger partial charge < -0.3 is 29.2 Å². The molecule has 6 aromatic rings. The molecule has 6 heteroatoms. The minimum atomic E-state index is 0.139. The molecule has 0 aliphatic carbocycles. The van der Waals surface area contributed by atoms with Gasteiger partial charge in [-0.15, -0.1) is 0 Å². The second-order valence-electron chi connectivity index (χ2n) is 9.57. The topological polar surface area (TPSA) is 77.4 Å². The van der Waals surface area contributed by atoms with Crippen molar-refractivity contribution in [2.45, 2.75) is 27.7 Å². The first kappa shape index (κ1) is 25.7. The van der Waals surface area contributed by atoms with Crippen molar-refractivity contribution in [3.63, 3.8) is 0 Å². The summed E-state index contributed by atoms with van der Waals surface area (Å²) < 4.78 is 24.3. The highest BCUT2D eigenvalue weighted by atomic mass is 16.5. The molecule has 0 fully saturated rings. The molecule has 0 aromatic heterocycles. The largest absolute Gasteiger partial charge is 0.507 e. The lowest BCUT2D eigenvalue weighted by atomic mass is 9.89. The van der Waals surface area contributed by atoms with Gasteiger partial charge in [-0.1, -0.05) is 12.1 Å². The van der Waals surface area contributed by atoms with Gasteiger partial charge in [0.2, 0.25) is 0 Å². The molecule has 0 saturated heterocycles. The van der Waals surface area contributed by atoms with Crippen LogP contribution in [0.25, 0.3) is 53.9 Å². The lowest BCUT2D eigenvalue weighted by Crippen LogP contribution is -1.98. The van der Waals surface area contributed by atoms with Gasteiger partial charge in [0.05, 0.1) is 26.4 Å². The first-order chi connectivity index (χ1) is 19.5. The van der Waals surface area contributed by atoms with Crippen LogP contribution in [0.1, 0.15) is 27.7 Å². The number of hydrogen-bond donors (Lipinski definition) is 2. The molecule has 0 aliphatic heterocycles. The van der Waals surface area contributed by atoms with Crippen molar-refractivity contribution < 1.29 is 29.2 Å². The van der Waals surface area contributed by atoms with E-state index < -0.39 is 0 Å². The Hall–Kier alpha value is -4.58. The van der Waals surface area contributed by atoms with Crippen molar-refractivity contribution in [1.82, 2.24) is 0 Å². The summed E-state index contributed by atoms with van der Waals surface area (Å²) in [4.78, 5) is 0. The first-order valence-electron chi connectivity index (χ1n) is 13.8. The minimum Gasteiger partial charge on any atom is -0.507 e. The summed E-state index contributed by atoms with van der Waals surface area (Å²) in [5.74, 6) is 2.99. The molecule has 0 amide bonds. The zero-order chi connectivity index (χ0) is 28.0. The molecular formula is C34H32O6. The number of phenols is 2. The molecule has 0 heterocycles. The highest BCUT2D eigenvalue weighted by Crippen LogP contribution is 2.50. The summed E-state index contributed by atoms with van der Waals surface area (Å²) in [5, 5.41) is 30.7. The molecule has 6 nitrogen and oxygen atoms in total. The van der Waals surface area contributed by atoms with E-state index in [9.17, 15) is 10.2 Å². The number of hydrogen-bond acceptors (Lipinski definition) is 6. The Kier molecular flexibility index (Phi) is 6.54. The maximum Gasteiger partial charge on any atom is 0.127 e. The summed E-state index contributed by atoms with van der Waals surface area (Å²) in [6.07, 6.45) is 0. The van der Waals surface area contributed by atoms with Gasteiger partial charge in [0.25, 0.3) is 0 Å². The Morgan fingerprint density at radius 2 is 0.825 bits per heavy atom. The van der Waals surface area contributed by atoms with Crippen LogP contribution in [-0.4, -0.2) is 36.6 Å². The zero-order valence-corrected chi connectivity index (χ0v) is 23.1. The smallest absolute Gasteiger partial charge is 0.127 e. The normalized spacial score (nSPS) is 11.6. The maximum absolute atomic E-state index is 11.3. The van der Waals surface area contributed by atoms with Crippen molar-refractivity contribution in [3.05, 3.63) is 60.7 Å². The van der Waals surface area contributed by atoms with Crippen molar-refractivity contribution in [1.29, 1.82) is 0 Å². The molecule has 0 spiro atoms. The van der Waals surface area contributed by atoms with Crippen LogP contribution in [-0.2, 0) is 0 Å². The quantitative estimate of drug-likeness (QED) is 0.190. The van der Waals surface area contributed by atoms with Gasteiger partial charge in [0.15, 0.2) is 0 Å². The van der Waals surface area contributed by atoms with E-state index in [1.807, 2.05) is 52.0 Å². The third-order valence-corrected chi connectivity index (χ3v) is 7.33. The van der Waals surface area contributed by atoms with Crippen LogP contribution in [0, 0.1) is 0 Å². The predicted molar refractivity (Wildman–Crippen MR) is 162 cm³/mol. The predicted octanol–water partition coefficient (Wildman–Crippen LogP) is 8.46. The van der Waals surface area contributed by atoms with E-state index in [2.05, 4.69) is 12.1 Å². The van der Waals surface area contributed by atoms with E-state index in [0.717, 1.165) is 43.1 Å². The van der Waals surface area contributed by atoms with Crippen molar-refractivity contribution >= 4 is 53.9 Å². The molecule has 204 valence electrons. The molecule has 0 atom stereocenters. The molecular weight excluding hydrogens is 504 g/mol. The Morgan fingerprint density at radius 1 is 0.425 bits per heavy atom. The van der Waals surface area contributed by atoms with Crippen LogP contribution in [0.4, 0.5) is 0 Å². The van der Waals surface area contributed by atoms with Crippen LogP contribution >= 0.6 is 0 Å². The molecule has 0 unspecified atom stereocenters. The standard InChI is InChI=1S/C34H32O6/c1-5-37-26-15-13-24(35)31-22(26)17-28(39-7-3)20-11-9-19-10-12-21-29(40-8-4)18-23-27(38-6-2)16-14-25(36)32(23)34(21)30(19)33(20)31/h9-18,35-36H,5-8H2,1-4H3. The van der Waals surface area contributed by atoms with Crippen LogP contribution in [0.3, 0.4) is 0 Å². The fourth-order valence-corrected chi connectivity index (χ4v) is 5.87. The van der Waals surface area contributed by atoms with Gasteiger partial charge in [-0.25, -0.2) is 0 Å². The Bertz CT molecular complexity index is 1790. The number of benzene rings is 6. The summed E-state index contributed by atoms with van der Waals surface area (Å²) in [5.41, 5.74) is 0. The fourth-order valence-electron chi connectivity index (χ4n) is 5.87. The average Bonchev–Trinajstić information content (AvgIpc) is 2.95. The summed E-state index contributed by atoms with van der Waals surface area (Å²) in [6, 6.07) is 19.0. The first-order valence-corrected chi connectivity index (χ1v) is 13.8. The Balaban J connectivity index is 1.97. The van der Waals surface area contributed by atoms with Crippen molar-refractivity contribution in [3.8, 4) is 34.5 Å². The monoisotopic (exact) mass is 536 g/mol. The molecule has 0 saturated carbocycles. The Morgan fingerprint density at radius 3 is 1.23 bits per heavy atom. The summed E-state index contributed by atoms with van der Waals surface area (Å²) >= 11 is 0. The van der Waals surface area contributed by atoms with E-state index in [4.69, 9.17) is 18.9 Å². The van der Waals surface area contributed by atoms with Crippen LogP contribution in [0.2, 0.25) is 0 Å². The van der Waals surface area contributed by atoms with Gasteiger partial charge in [-0.05, 0) is 87.0 Å². The second-order valence-corrected chi connectivity index (χ2v) is 9.57. The highest BCUT2D eigenvalue weighted by Gasteiger charge is 2.22. The lowest BCUT2D eigenvalue weighted by Gasteiger charge is -2.20. The van der Waals surface area contributed by atoms with Gasteiger partial charge in [0.1, 0.15) is 34.5 Å². The number of rotatable bonds is 8. The molecule has 0 aliphatic rings. The molecule has 6 aromatic carbocycles. The third-order valence-electron chi connectivity index (χ3n) is 7.33. The maximum atomic E-state index is 11.3. The second kappa shape index (κ2) is 10.2. The number of phenolic OH excluding ortho intramolecular Hbond substituents is 2. The molecule has 0 radical (unpaired) electrons. The molecule has 2 N–H and O–H groups in total. The average molecular weight is 537 g/mol. The molecule has 0 bridgehead atoms. The Labute approximate surface area is 232 Å². The third kappa shape index (κ3) is 3.86. The zero-order valence-electron chi connectivity index (χ0n) is 23.1. The lowest BCUT2D eigenvalue weighted by molar-refractivity contribution is 0.340. The van der Waals surface area contributed by atoms with Gasteiger partial charge >= 0.3 is 0 Å². The van der Waals surface area contributed by atoms with E-state index in [-0.39, 0.29) is 11.5 Å². The van der Waals surface area contributed by atoms with E-state index in [1.54, 1.807) is 24.3 Å². The molecule has 40 heavy (non-hydrogen) atoms. The summed E-state index contributed by atoms with van der Waals surface area (Å²) in [7, 11) is 0. The summed E-state index contributed by atoms with van der Waals surface area (Å²) in [6.45, 7) is 9.70. The fraction of sp³-hybridized carbons (Fsp3) is 0.235. The van der Waals surface area contributed by atoms with Gasteiger partial charge in [-0.3, -0.25) is 0 Å². The van der Waals surface area contributed by atoms with Crippen LogP contribution < -0.4 is 18.9 Å². The number of fused-ring (bicyclic) bond motifs is 9. The van der Waals surface area contributed by atoms with Crippen LogP contribution in [0.5, 0.6) is 34.5 Å². The van der Waals surface area contributed by atoms with E-state index >= 15 is 0 Å². The van der Waals surface area contributed by atoms with Gasteiger partial charge in [-0.2, -0.15) is 0 Å². The van der Waals surface area contributed by atoms with E-state index in [1.165, 1.54) is 0 Å².